The number of amides is 1. The molecular weight excluding hydrogens is 394 g/mol. The second-order valence-electron chi connectivity index (χ2n) is 7.47. The van der Waals surface area contributed by atoms with Crippen molar-refractivity contribution in [1.82, 2.24) is 19.9 Å². The number of nitrogens with one attached hydrogen (secondary N) is 1. The van der Waals surface area contributed by atoms with Gasteiger partial charge in [-0.1, -0.05) is 17.7 Å². The van der Waals surface area contributed by atoms with E-state index in [4.69, 9.17) is 0 Å². The molecule has 0 unspecified atom stereocenters. The molecule has 1 N–H and O–H groups in total. The molecule has 0 bridgehead atoms. The van der Waals surface area contributed by atoms with Crippen molar-refractivity contribution < 1.29 is 4.79 Å². The van der Waals surface area contributed by atoms with Crippen LogP contribution in [0.5, 0.6) is 0 Å². The van der Waals surface area contributed by atoms with Gasteiger partial charge in [0.2, 0.25) is 5.91 Å². The Morgan fingerprint density at radius 1 is 1.17 bits per heavy atom. The van der Waals surface area contributed by atoms with E-state index in [9.17, 15) is 4.79 Å². The van der Waals surface area contributed by atoms with Gasteiger partial charge in [-0.25, -0.2) is 4.98 Å². The van der Waals surface area contributed by atoms with E-state index in [0.29, 0.717) is 5.25 Å². The van der Waals surface area contributed by atoms with Crippen LogP contribution < -0.4 is 5.32 Å². The second kappa shape index (κ2) is 9.36. The molecule has 0 aliphatic carbocycles. The molecule has 1 aromatic carbocycles. The maximum absolute atomic E-state index is 13.2. The second-order valence-corrected chi connectivity index (χ2v) is 8.79. The summed E-state index contributed by atoms with van der Waals surface area (Å²) in [6.07, 6.45) is 8.03. The molecule has 30 heavy (non-hydrogen) atoms. The number of fused-ring (bicyclic) bond motifs is 1. The van der Waals surface area contributed by atoms with Gasteiger partial charge in [0, 0.05) is 42.6 Å². The van der Waals surface area contributed by atoms with Gasteiger partial charge in [0.15, 0.2) is 0 Å². The summed E-state index contributed by atoms with van der Waals surface area (Å²) in [6, 6.07) is 11.4. The van der Waals surface area contributed by atoms with Gasteiger partial charge in [0.1, 0.15) is 0 Å². The number of pyridine rings is 1. The van der Waals surface area contributed by atoms with Crippen molar-refractivity contribution in [3.8, 4) is 0 Å². The lowest BCUT2D eigenvalue weighted by molar-refractivity contribution is -0.120. The van der Waals surface area contributed by atoms with Crippen LogP contribution in [0.1, 0.15) is 20.3 Å². The topological polar surface area (TPSA) is 71.0 Å². The zero-order valence-corrected chi connectivity index (χ0v) is 18.0. The van der Waals surface area contributed by atoms with Crippen LogP contribution in [0.15, 0.2) is 71.7 Å². The molecule has 1 amide bonds. The smallest absolute Gasteiger partial charge is 0.241 e. The van der Waals surface area contributed by atoms with Crippen molar-refractivity contribution in [1.29, 1.82) is 0 Å². The van der Waals surface area contributed by atoms with Gasteiger partial charge in [-0.05, 0) is 50.6 Å². The summed E-state index contributed by atoms with van der Waals surface area (Å²) in [5.41, 5.74) is 3.59. The Labute approximate surface area is 180 Å². The lowest BCUT2D eigenvalue weighted by Crippen LogP contribution is -2.40. The van der Waals surface area contributed by atoms with E-state index in [1.165, 1.54) is 5.57 Å². The van der Waals surface area contributed by atoms with Crippen molar-refractivity contribution in [2.45, 2.75) is 36.6 Å². The Morgan fingerprint density at radius 2 is 2.00 bits per heavy atom. The lowest BCUT2D eigenvalue weighted by Gasteiger charge is -2.23. The minimum absolute atomic E-state index is 0.0197. The monoisotopic (exact) mass is 419 g/mol. The van der Waals surface area contributed by atoms with Gasteiger partial charge in [-0.2, -0.15) is 0 Å². The first-order valence-corrected chi connectivity index (χ1v) is 11.0. The molecule has 0 saturated carbocycles. The zero-order valence-electron chi connectivity index (χ0n) is 17.2. The largest absolute Gasteiger partial charge is 0.325 e. The molecular formula is C23H25N5OS. The average Bonchev–Trinajstić information content (AvgIpc) is 3.16. The van der Waals surface area contributed by atoms with Crippen molar-refractivity contribution in [3.63, 3.8) is 0 Å². The molecule has 6 nitrogen and oxygen atoms in total. The summed E-state index contributed by atoms with van der Waals surface area (Å²) in [6.45, 7) is 5.79. The molecule has 1 aliphatic heterocycles. The number of aromatic nitrogens is 3. The number of benzene rings is 1. The first-order chi connectivity index (χ1) is 14.6. The highest BCUT2D eigenvalue weighted by Gasteiger charge is 2.37. The van der Waals surface area contributed by atoms with Crippen LogP contribution in [0.3, 0.4) is 0 Å². The summed E-state index contributed by atoms with van der Waals surface area (Å²) < 4.78 is 0. The average molecular weight is 420 g/mol. The Hall–Kier alpha value is -2.77. The number of anilines is 1. The molecule has 2 aromatic heterocycles. The van der Waals surface area contributed by atoms with Crippen LogP contribution in [0, 0.1) is 0 Å². The highest BCUT2D eigenvalue weighted by Crippen LogP contribution is 2.33. The maximum atomic E-state index is 13.2. The zero-order chi connectivity index (χ0) is 20.9. The van der Waals surface area contributed by atoms with E-state index in [0.717, 1.165) is 41.3 Å². The first-order valence-electron chi connectivity index (χ1n) is 10.1. The molecule has 1 fully saturated rings. The van der Waals surface area contributed by atoms with E-state index in [1.807, 2.05) is 49.5 Å². The van der Waals surface area contributed by atoms with E-state index >= 15 is 0 Å². The highest BCUT2D eigenvalue weighted by molar-refractivity contribution is 7.99. The highest BCUT2D eigenvalue weighted by atomic mass is 32.2. The number of rotatable bonds is 6. The Balaban J connectivity index is 1.49. The van der Waals surface area contributed by atoms with Gasteiger partial charge < -0.3 is 5.32 Å². The van der Waals surface area contributed by atoms with Gasteiger partial charge in [0.25, 0.3) is 0 Å². The molecule has 0 spiro atoms. The predicted molar refractivity (Wildman–Crippen MR) is 121 cm³/mol. The van der Waals surface area contributed by atoms with Gasteiger partial charge in [-0.15, -0.1) is 11.8 Å². The Morgan fingerprint density at radius 3 is 2.77 bits per heavy atom. The summed E-state index contributed by atoms with van der Waals surface area (Å²) in [5, 5.41) is 4.41. The van der Waals surface area contributed by atoms with E-state index in [2.05, 4.69) is 38.2 Å². The lowest BCUT2D eigenvalue weighted by atomic mass is 10.1. The molecule has 3 heterocycles. The van der Waals surface area contributed by atoms with Gasteiger partial charge in [0.05, 0.1) is 22.1 Å². The standard InChI is InChI=1S/C23H25N5OS/c1-3-16(2)14-28-15-18(30-22-6-4-5-9-26-22)13-21(28)23(29)27-17-7-8-19-20(12-17)25-11-10-24-19/h3-12,18,21H,13-15H2,1-2H3,(H,27,29)/t18-,21+/m1/s1. The Kier molecular flexibility index (Phi) is 6.40. The fourth-order valence-corrected chi connectivity index (χ4v) is 4.83. The van der Waals surface area contributed by atoms with Crippen molar-refractivity contribution in [3.05, 3.63) is 66.6 Å². The van der Waals surface area contributed by atoms with Crippen LogP contribution in [-0.4, -0.2) is 50.1 Å². The van der Waals surface area contributed by atoms with Crippen LogP contribution in [0.25, 0.3) is 11.0 Å². The summed E-state index contributed by atoms with van der Waals surface area (Å²) in [4.78, 5) is 28.5. The van der Waals surface area contributed by atoms with E-state index in [-0.39, 0.29) is 11.9 Å². The number of carbonyl (C=O) groups excluding carboxylic acids is 1. The van der Waals surface area contributed by atoms with E-state index < -0.39 is 0 Å². The number of thioether (sulfide) groups is 1. The SMILES string of the molecule is CC=C(C)CN1C[C@H](Sc2ccccn2)C[C@H]1C(=O)Nc1ccc2nccnc2c1. The minimum Gasteiger partial charge on any atom is -0.325 e. The summed E-state index contributed by atoms with van der Waals surface area (Å²) >= 11 is 1.75. The quantitative estimate of drug-likeness (QED) is 0.605. The van der Waals surface area contributed by atoms with Crippen LogP contribution in [0.4, 0.5) is 5.69 Å². The fourth-order valence-electron chi connectivity index (χ4n) is 3.66. The van der Waals surface area contributed by atoms with E-state index in [1.54, 1.807) is 24.2 Å². The molecule has 3 aromatic rings. The molecule has 1 aliphatic rings. The van der Waals surface area contributed by atoms with Gasteiger partial charge >= 0.3 is 0 Å². The summed E-state index contributed by atoms with van der Waals surface area (Å²) in [7, 11) is 0. The predicted octanol–water partition coefficient (Wildman–Crippen LogP) is 4.16. The molecule has 7 heteroatoms. The van der Waals surface area contributed by atoms with Crippen LogP contribution in [-0.2, 0) is 4.79 Å². The van der Waals surface area contributed by atoms with Crippen molar-refractivity contribution >= 4 is 34.4 Å². The normalized spacial score (nSPS) is 19.9. The molecule has 4 rings (SSSR count). The summed E-state index contributed by atoms with van der Waals surface area (Å²) in [5.74, 6) is 0.0197. The number of hydrogen-bond acceptors (Lipinski definition) is 6. The van der Waals surface area contributed by atoms with Crippen molar-refractivity contribution in [2.75, 3.05) is 18.4 Å². The van der Waals surface area contributed by atoms with Crippen LogP contribution in [0.2, 0.25) is 0 Å². The number of likely N-dealkylation sites (tertiary alicyclic amines) is 1. The molecule has 154 valence electrons. The third-order valence-electron chi connectivity index (χ3n) is 5.28. The maximum Gasteiger partial charge on any atom is 0.241 e. The third kappa shape index (κ3) is 4.86. The fraction of sp³-hybridized carbons (Fsp3) is 0.304. The molecule has 2 atom stereocenters. The third-order valence-corrected chi connectivity index (χ3v) is 6.43. The van der Waals surface area contributed by atoms with Crippen LogP contribution >= 0.6 is 11.8 Å². The molecule has 1 saturated heterocycles. The first kappa shape index (κ1) is 20.5. The number of allylic oxidation sites excluding steroid dienone is 1. The van der Waals surface area contributed by atoms with Crippen molar-refractivity contribution in [2.24, 2.45) is 0 Å². The van der Waals surface area contributed by atoms with Gasteiger partial charge in [-0.3, -0.25) is 19.7 Å². The number of nitrogens with zero attached hydrogens (tertiary/aromatic N) is 4. The Bertz CT molecular complexity index is 1060. The number of hydrogen-bond donors (Lipinski definition) is 1. The molecule has 0 radical (unpaired) electrons. The minimum atomic E-state index is -0.182. The number of carbonyl (C=O) groups is 1.